The highest BCUT2D eigenvalue weighted by Crippen LogP contribution is 2.40. The van der Waals surface area contributed by atoms with E-state index in [-0.39, 0.29) is 29.7 Å². The quantitative estimate of drug-likeness (QED) is 0.120. The van der Waals surface area contributed by atoms with Gasteiger partial charge >= 0.3 is 0 Å². The SMILES string of the molecule is CN(CC1CCN(c2ccc(C(=O)NC3CCC(Oc4ccc(C#N)c(Cl)c4)CC3)nn2)CC1)C1CC(Oc2ccc(C(C)(C)O)cc2-c2cn(C)c(=O)c3[nH]ccc23)C1. The Balaban J connectivity index is 0.784. The van der Waals surface area contributed by atoms with Crippen LogP contribution in [0.15, 0.2) is 71.8 Å². The molecule has 60 heavy (non-hydrogen) atoms. The molecule has 0 unspecified atom stereocenters. The zero-order valence-electron chi connectivity index (χ0n) is 34.7. The number of amides is 1. The molecule has 0 radical (unpaired) electrons. The summed E-state index contributed by atoms with van der Waals surface area (Å²) in [5.41, 5.74) is 2.67. The van der Waals surface area contributed by atoms with Gasteiger partial charge in [0.25, 0.3) is 11.5 Å². The third kappa shape index (κ3) is 9.01. The normalized spacial score (nSPS) is 21.1. The number of carbonyl (C=O) groups is 1. The van der Waals surface area contributed by atoms with Crippen molar-refractivity contribution in [3.05, 3.63) is 99.2 Å². The minimum absolute atomic E-state index is 0.0273. The minimum Gasteiger partial charge on any atom is -0.490 e. The van der Waals surface area contributed by atoms with Crippen molar-refractivity contribution in [3.8, 4) is 28.7 Å². The lowest BCUT2D eigenvalue weighted by molar-refractivity contribution is 0.0215. The molecule has 13 nitrogen and oxygen atoms in total. The smallest absolute Gasteiger partial charge is 0.274 e. The van der Waals surface area contributed by atoms with E-state index in [0.29, 0.717) is 39.5 Å². The number of aromatic nitrogens is 4. The number of benzene rings is 2. The number of rotatable bonds is 12. The summed E-state index contributed by atoms with van der Waals surface area (Å²) in [5, 5.41) is 33.0. The van der Waals surface area contributed by atoms with E-state index in [0.717, 1.165) is 105 Å². The molecule has 4 heterocycles. The van der Waals surface area contributed by atoms with Crippen LogP contribution in [0.5, 0.6) is 11.5 Å². The fourth-order valence-electron chi connectivity index (χ4n) is 8.83. The van der Waals surface area contributed by atoms with Gasteiger partial charge in [0.2, 0.25) is 0 Å². The molecule has 0 bridgehead atoms. The Morgan fingerprint density at radius 3 is 2.45 bits per heavy atom. The molecule has 3 N–H and O–H groups in total. The first kappa shape index (κ1) is 41.3. The molecule has 2 saturated carbocycles. The van der Waals surface area contributed by atoms with Crippen molar-refractivity contribution in [2.24, 2.45) is 13.0 Å². The number of aryl methyl sites for hydroxylation is 1. The number of aromatic amines is 1. The first-order valence-corrected chi connectivity index (χ1v) is 21.4. The Kier molecular flexibility index (Phi) is 11.9. The molecule has 3 fully saturated rings. The van der Waals surface area contributed by atoms with Gasteiger partial charge in [-0.3, -0.25) is 9.59 Å². The Morgan fingerprint density at radius 2 is 1.77 bits per heavy atom. The van der Waals surface area contributed by atoms with E-state index >= 15 is 0 Å². The van der Waals surface area contributed by atoms with E-state index in [2.05, 4.69) is 43.4 Å². The van der Waals surface area contributed by atoms with Crippen LogP contribution >= 0.6 is 11.6 Å². The molecular formula is C46H53ClN8O5. The van der Waals surface area contributed by atoms with Gasteiger partial charge in [0.15, 0.2) is 11.5 Å². The molecule has 3 aromatic heterocycles. The second-order valence-corrected chi connectivity index (χ2v) is 17.7. The van der Waals surface area contributed by atoms with Crippen LogP contribution < -0.4 is 25.2 Å². The van der Waals surface area contributed by atoms with Gasteiger partial charge in [-0.2, -0.15) is 5.26 Å². The number of piperidine rings is 1. The highest BCUT2D eigenvalue weighted by atomic mass is 35.5. The summed E-state index contributed by atoms with van der Waals surface area (Å²) in [6.45, 7) is 6.33. The van der Waals surface area contributed by atoms with Crippen LogP contribution in [0.4, 0.5) is 5.82 Å². The van der Waals surface area contributed by atoms with E-state index in [4.69, 9.17) is 26.3 Å². The molecule has 1 aliphatic heterocycles. The summed E-state index contributed by atoms with van der Waals surface area (Å²) in [5.74, 6) is 2.55. The van der Waals surface area contributed by atoms with Gasteiger partial charge in [-0.15, -0.1) is 10.2 Å². The fourth-order valence-corrected chi connectivity index (χ4v) is 9.05. The van der Waals surface area contributed by atoms with Crippen molar-refractivity contribution >= 4 is 34.2 Å². The van der Waals surface area contributed by atoms with Gasteiger partial charge in [0.1, 0.15) is 29.2 Å². The fraction of sp³-hybridized carbons (Fsp3) is 0.457. The Bertz CT molecular complexity index is 2430. The number of pyridine rings is 1. The number of aliphatic hydroxyl groups is 1. The average Bonchev–Trinajstić information content (AvgIpc) is 3.72. The minimum atomic E-state index is -1.03. The lowest BCUT2D eigenvalue weighted by atomic mass is 9.86. The highest BCUT2D eigenvalue weighted by molar-refractivity contribution is 6.31. The third-order valence-corrected chi connectivity index (χ3v) is 12.9. The monoisotopic (exact) mass is 832 g/mol. The summed E-state index contributed by atoms with van der Waals surface area (Å²) >= 11 is 6.16. The topological polar surface area (TPSA) is 162 Å². The number of anilines is 1. The van der Waals surface area contributed by atoms with Crippen LogP contribution in [0, 0.1) is 17.2 Å². The number of hydrogen-bond acceptors (Lipinski definition) is 10. The molecule has 1 saturated heterocycles. The van der Waals surface area contributed by atoms with E-state index in [1.807, 2.05) is 36.5 Å². The molecule has 8 rings (SSSR count). The summed E-state index contributed by atoms with van der Waals surface area (Å²) in [4.78, 5) is 33.7. The number of nitriles is 1. The van der Waals surface area contributed by atoms with E-state index in [1.165, 1.54) is 0 Å². The average molecular weight is 833 g/mol. The number of hydrogen-bond donors (Lipinski definition) is 3. The first-order valence-electron chi connectivity index (χ1n) is 21.0. The molecule has 14 heteroatoms. The molecule has 3 aliphatic rings. The van der Waals surface area contributed by atoms with Gasteiger partial charge in [-0.05, 0) is 113 Å². The van der Waals surface area contributed by atoms with Crippen molar-refractivity contribution < 1.29 is 19.4 Å². The second-order valence-electron chi connectivity index (χ2n) is 17.3. The number of H-pyrrole nitrogens is 1. The highest BCUT2D eigenvalue weighted by Gasteiger charge is 2.36. The van der Waals surface area contributed by atoms with Crippen LogP contribution in [0.1, 0.15) is 86.8 Å². The van der Waals surface area contributed by atoms with Crippen molar-refractivity contribution in [1.29, 1.82) is 5.26 Å². The van der Waals surface area contributed by atoms with Crippen molar-refractivity contribution in [2.75, 3.05) is 31.6 Å². The lowest BCUT2D eigenvalue weighted by Crippen LogP contribution is -2.50. The third-order valence-electron chi connectivity index (χ3n) is 12.6. The molecule has 314 valence electrons. The summed E-state index contributed by atoms with van der Waals surface area (Å²) in [6.07, 6.45) is 10.9. The molecule has 2 aromatic carbocycles. The van der Waals surface area contributed by atoms with Crippen LogP contribution in [0.25, 0.3) is 22.0 Å². The van der Waals surface area contributed by atoms with Crippen LogP contribution in [-0.2, 0) is 12.6 Å². The summed E-state index contributed by atoms with van der Waals surface area (Å²) in [7, 11) is 3.97. The number of carbonyl (C=O) groups excluding carboxylic acids is 1. The Morgan fingerprint density at radius 1 is 1.00 bits per heavy atom. The van der Waals surface area contributed by atoms with Gasteiger partial charge in [0.05, 0.1) is 22.3 Å². The Hall–Kier alpha value is -5.42. The van der Waals surface area contributed by atoms with Gasteiger partial charge < -0.3 is 39.2 Å². The largest absolute Gasteiger partial charge is 0.490 e. The predicted molar refractivity (Wildman–Crippen MR) is 232 cm³/mol. The second kappa shape index (κ2) is 17.3. The number of fused-ring (bicyclic) bond motifs is 1. The van der Waals surface area contributed by atoms with Crippen LogP contribution in [-0.4, -0.2) is 86.6 Å². The number of halogens is 1. The summed E-state index contributed by atoms with van der Waals surface area (Å²) in [6, 6.07) is 19.1. The molecular weight excluding hydrogens is 780 g/mol. The van der Waals surface area contributed by atoms with E-state index < -0.39 is 5.60 Å². The summed E-state index contributed by atoms with van der Waals surface area (Å²) < 4.78 is 14.3. The number of nitrogens with zero attached hydrogens (tertiary/aromatic N) is 6. The lowest BCUT2D eigenvalue weighted by Gasteiger charge is -2.43. The van der Waals surface area contributed by atoms with Gasteiger partial charge in [0, 0.05) is 86.6 Å². The molecule has 2 aliphatic carbocycles. The molecule has 0 atom stereocenters. The van der Waals surface area contributed by atoms with Crippen molar-refractivity contribution in [1.82, 2.24) is 30.0 Å². The van der Waals surface area contributed by atoms with Gasteiger partial charge in [-0.25, -0.2) is 0 Å². The van der Waals surface area contributed by atoms with E-state index in [1.54, 1.807) is 55.9 Å². The van der Waals surface area contributed by atoms with Crippen molar-refractivity contribution in [3.63, 3.8) is 0 Å². The van der Waals surface area contributed by atoms with Crippen LogP contribution in [0.3, 0.4) is 0 Å². The Labute approximate surface area is 355 Å². The van der Waals surface area contributed by atoms with Crippen molar-refractivity contribution in [2.45, 2.75) is 95.1 Å². The van der Waals surface area contributed by atoms with E-state index in [9.17, 15) is 14.7 Å². The maximum atomic E-state index is 13.1. The predicted octanol–water partition coefficient (Wildman–Crippen LogP) is 6.95. The standard InChI is InChI=1S/C46H53ClN8O5/c1-46(2,58)30-6-13-41(37(21-30)38-27-54(4)45(57)43-36(38)15-18-49-43)60-35-22-32(23-35)53(3)26-28-16-19-55(20-17-28)42-14-12-40(51-52-42)44(56)50-31-7-10-33(11-8-31)59-34-9-5-29(25-48)39(47)24-34/h5-6,9,12-15,18,21,24,27-28,31-33,35,49,58H,7-8,10-11,16-17,19-20,22-23,26H2,1-4H3,(H,50,56). The zero-order chi connectivity index (χ0) is 42.1. The number of nitrogens with one attached hydrogen (secondary N) is 2. The first-order chi connectivity index (χ1) is 28.8. The zero-order valence-corrected chi connectivity index (χ0v) is 35.4. The molecule has 1 amide bonds. The maximum Gasteiger partial charge on any atom is 0.274 e. The van der Waals surface area contributed by atoms with Gasteiger partial charge in [-0.1, -0.05) is 17.7 Å². The molecule has 5 aromatic rings. The number of ether oxygens (including phenoxy) is 2. The molecule has 0 spiro atoms. The van der Waals surface area contributed by atoms with Crippen LogP contribution in [0.2, 0.25) is 5.02 Å². The maximum absolute atomic E-state index is 13.1.